The molecule has 4 atom stereocenters. The second-order valence-corrected chi connectivity index (χ2v) is 17.2. The minimum atomic E-state index is 0.398. The predicted molar refractivity (Wildman–Crippen MR) is 242 cm³/mol. The zero-order valence-electron chi connectivity index (χ0n) is 32.9. The molecule has 0 N–H and O–H groups in total. The Morgan fingerprint density at radius 3 is 1.88 bits per heavy atom. The van der Waals surface area contributed by atoms with Gasteiger partial charge in [-0.15, -0.1) is 0 Å². The fourth-order valence-corrected chi connectivity index (χ4v) is 10.7. The molecule has 7 aromatic rings. The average Bonchev–Trinajstić information content (AvgIpc) is 4.10. The Kier molecular flexibility index (Phi) is 7.49. The number of nitrogens with zero attached hydrogens (tertiary/aromatic N) is 1. The molecule has 1 heteroatoms. The zero-order chi connectivity index (χ0) is 38.5. The SMILES string of the molecule is CC(C)C1C=C2C#CC3CC3C2=CCC1c1cccc(N(c2ccccc2)c2ccc(-c3ccc4c(c3)-c3c5cccc3-c3cccc-4c3-c3ccccc3-5)cc2)c1. The second kappa shape index (κ2) is 13.0. The van der Waals surface area contributed by atoms with E-state index in [0.29, 0.717) is 29.6 Å². The van der Waals surface area contributed by atoms with Gasteiger partial charge >= 0.3 is 0 Å². The van der Waals surface area contributed by atoms with Gasteiger partial charge in [-0.2, -0.15) is 0 Å². The Morgan fingerprint density at radius 2 is 1.12 bits per heavy atom. The van der Waals surface area contributed by atoms with Crippen molar-refractivity contribution in [1.82, 2.24) is 0 Å². The number of allylic oxidation sites excluding steroid dienone is 4. The summed E-state index contributed by atoms with van der Waals surface area (Å²) in [7, 11) is 0. The van der Waals surface area contributed by atoms with Gasteiger partial charge in [-0.05, 0) is 157 Å². The molecule has 1 saturated carbocycles. The normalized spacial score (nSPS) is 19.8. The first-order valence-electron chi connectivity index (χ1n) is 21.1. The van der Waals surface area contributed by atoms with Gasteiger partial charge < -0.3 is 4.90 Å². The first-order valence-corrected chi connectivity index (χ1v) is 21.1. The van der Waals surface area contributed by atoms with Crippen LogP contribution in [0.2, 0.25) is 0 Å². The van der Waals surface area contributed by atoms with Crippen molar-refractivity contribution in [1.29, 1.82) is 0 Å². The lowest BCUT2D eigenvalue weighted by molar-refractivity contribution is 0.389. The van der Waals surface area contributed by atoms with Gasteiger partial charge in [-0.1, -0.05) is 153 Å². The first kappa shape index (κ1) is 33.5. The fraction of sp³-hybridized carbons (Fsp3) is 0.158. The van der Waals surface area contributed by atoms with E-state index in [4.69, 9.17) is 0 Å². The number of fused-ring (bicyclic) bond motifs is 7. The highest BCUT2D eigenvalue weighted by atomic mass is 15.1. The van der Waals surface area contributed by atoms with E-state index < -0.39 is 0 Å². The molecular formula is C57H43N. The van der Waals surface area contributed by atoms with E-state index in [-0.39, 0.29) is 0 Å². The van der Waals surface area contributed by atoms with Crippen molar-refractivity contribution >= 4 is 17.1 Å². The molecule has 0 heterocycles. The van der Waals surface area contributed by atoms with Gasteiger partial charge in [0.25, 0.3) is 0 Å². The van der Waals surface area contributed by atoms with Crippen LogP contribution in [0.15, 0.2) is 181 Å². The Morgan fingerprint density at radius 1 is 0.517 bits per heavy atom. The van der Waals surface area contributed by atoms with Gasteiger partial charge in [0.15, 0.2) is 0 Å². The largest absolute Gasteiger partial charge is 0.310 e. The number of para-hydroxylation sites is 1. The Bertz CT molecular complexity index is 2930. The smallest absolute Gasteiger partial charge is 0.0464 e. The number of anilines is 3. The van der Waals surface area contributed by atoms with Crippen LogP contribution >= 0.6 is 0 Å². The summed E-state index contributed by atoms with van der Waals surface area (Å²) in [6.45, 7) is 4.75. The minimum absolute atomic E-state index is 0.398. The van der Waals surface area contributed by atoms with Crippen molar-refractivity contribution < 1.29 is 0 Å². The Balaban J connectivity index is 0.932. The molecule has 58 heavy (non-hydrogen) atoms. The molecule has 5 aliphatic carbocycles. The van der Waals surface area contributed by atoms with Gasteiger partial charge in [0.05, 0.1) is 0 Å². The quantitative estimate of drug-likeness (QED) is 0.153. The molecule has 0 aliphatic heterocycles. The van der Waals surface area contributed by atoms with Crippen LogP contribution in [0.4, 0.5) is 17.1 Å². The molecule has 0 amide bonds. The van der Waals surface area contributed by atoms with Gasteiger partial charge in [0, 0.05) is 28.6 Å². The maximum absolute atomic E-state index is 3.57. The summed E-state index contributed by atoms with van der Waals surface area (Å²) >= 11 is 0. The van der Waals surface area contributed by atoms with E-state index in [1.54, 1.807) is 0 Å². The summed E-state index contributed by atoms with van der Waals surface area (Å²) in [5, 5.41) is 0. The van der Waals surface area contributed by atoms with Crippen LogP contribution in [0.1, 0.15) is 38.2 Å². The van der Waals surface area contributed by atoms with Crippen molar-refractivity contribution in [2.24, 2.45) is 23.7 Å². The van der Waals surface area contributed by atoms with Gasteiger partial charge in [-0.3, -0.25) is 0 Å². The molecule has 0 aromatic heterocycles. The van der Waals surface area contributed by atoms with Crippen molar-refractivity contribution in [3.05, 3.63) is 187 Å². The number of hydrogen-bond acceptors (Lipinski definition) is 1. The van der Waals surface area contributed by atoms with Crippen molar-refractivity contribution in [2.75, 3.05) is 4.90 Å². The molecule has 0 spiro atoms. The van der Waals surface area contributed by atoms with Crippen LogP contribution < -0.4 is 4.90 Å². The van der Waals surface area contributed by atoms with Crippen LogP contribution in [0.25, 0.3) is 66.8 Å². The predicted octanol–water partition coefficient (Wildman–Crippen LogP) is 15.1. The van der Waals surface area contributed by atoms with Crippen molar-refractivity contribution in [3.63, 3.8) is 0 Å². The molecule has 5 aliphatic rings. The monoisotopic (exact) mass is 741 g/mol. The van der Waals surface area contributed by atoms with E-state index in [1.807, 2.05) is 0 Å². The van der Waals surface area contributed by atoms with Crippen LogP contribution in [-0.4, -0.2) is 0 Å². The van der Waals surface area contributed by atoms with E-state index in [0.717, 1.165) is 17.8 Å². The molecule has 4 unspecified atom stereocenters. The van der Waals surface area contributed by atoms with Crippen LogP contribution in [0, 0.1) is 35.5 Å². The summed E-state index contributed by atoms with van der Waals surface area (Å²) in [5.41, 5.74) is 23.3. The maximum atomic E-state index is 3.57. The van der Waals surface area contributed by atoms with E-state index in [9.17, 15) is 0 Å². The van der Waals surface area contributed by atoms with E-state index in [2.05, 4.69) is 200 Å². The van der Waals surface area contributed by atoms with Crippen molar-refractivity contribution in [3.8, 4) is 78.6 Å². The summed E-state index contributed by atoms with van der Waals surface area (Å²) in [6.07, 6.45) is 7.36. The molecule has 1 fully saturated rings. The molecule has 276 valence electrons. The highest BCUT2D eigenvalue weighted by Gasteiger charge is 2.43. The zero-order valence-corrected chi connectivity index (χ0v) is 32.9. The second-order valence-electron chi connectivity index (χ2n) is 17.2. The number of benzene rings is 7. The molecular weight excluding hydrogens is 699 g/mol. The van der Waals surface area contributed by atoms with E-state index in [1.165, 1.54) is 95.6 Å². The fourth-order valence-electron chi connectivity index (χ4n) is 10.7. The lowest BCUT2D eigenvalue weighted by Gasteiger charge is -2.30. The highest BCUT2D eigenvalue weighted by Crippen LogP contribution is 2.57. The standard InChI is InChI=1S/C57H43N/c1-35(2)53-33-39-21-22-40-34-54(40)45(39)30-29-44(53)38-11-8-14-43(31-38)58(41-12-4-3-5-13-41)42-26-23-36(24-27-42)37-25-28-47-50-18-10-19-51-52-20-9-17-49(57(52)55(47)32-37)46-15-6-7-16-48(46)56(50)51/h3-20,23-28,30-33,35,40,44,53-54H,29,34H2,1-2H3. The summed E-state index contributed by atoms with van der Waals surface area (Å²) < 4.78 is 0. The third-order valence-corrected chi connectivity index (χ3v) is 13.6. The lowest BCUT2D eigenvalue weighted by Crippen LogP contribution is -2.17. The summed E-state index contributed by atoms with van der Waals surface area (Å²) in [5.74, 6) is 9.69. The Hall–Kier alpha value is -6.62. The van der Waals surface area contributed by atoms with Gasteiger partial charge in [0.1, 0.15) is 0 Å². The number of hydrogen-bond donors (Lipinski definition) is 0. The summed E-state index contributed by atoms with van der Waals surface area (Å²) in [4.78, 5) is 2.42. The first-order chi connectivity index (χ1) is 28.6. The van der Waals surface area contributed by atoms with E-state index >= 15 is 0 Å². The molecule has 0 radical (unpaired) electrons. The molecule has 6 bridgehead atoms. The van der Waals surface area contributed by atoms with Gasteiger partial charge in [-0.25, -0.2) is 0 Å². The average molecular weight is 742 g/mol. The minimum Gasteiger partial charge on any atom is -0.310 e. The third-order valence-electron chi connectivity index (χ3n) is 13.6. The molecule has 7 aromatic carbocycles. The van der Waals surface area contributed by atoms with Gasteiger partial charge in [0.2, 0.25) is 0 Å². The Labute approximate surface area is 342 Å². The number of rotatable bonds is 6. The topological polar surface area (TPSA) is 3.24 Å². The highest BCUT2D eigenvalue weighted by molar-refractivity contribution is 6.15. The van der Waals surface area contributed by atoms with Crippen LogP contribution in [-0.2, 0) is 0 Å². The maximum Gasteiger partial charge on any atom is 0.0464 e. The van der Waals surface area contributed by atoms with Crippen LogP contribution in [0.5, 0.6) is 0 Å². The third kappa shape index (κ3) is 5.18. The molecule has 12 rings (SSSR count). The molecule has 1 nitrogen and oxygen atoms in total. The summed E-state index contributed by atoms with van der Waals surface area (Å²) in [6, 6.07) is 59.1. The van der Waals surface area contributed by atoms with Crippen molar-refractivity contribution in [2.45, 2.75) is 32.6 Å². The lowest BCUT2D eigenvalue weighted by atomic mass is 9.77. The molecule has 0 saturated heterocycles. The van der Waals surface area contributed by atoms with Crippen LogP contribution in [0.3, 0.4) is 0 Å².